The van der Waals surface area contributed by atoms with Crippen molar-refractivity contribution in [3.05, 3.63) is 21.4 Å². The first-order chi connectivity index (χ1) is 7.58. The first kappa shape index (κ1) is 13.2. The van der Waals surface area contributed by atoms with E-state index in [-0.39, 0.29) is 5.91 Å². The van der Waals surface area contributed by atoms with E-state index in [4.69, 9.17) is 0 Å². The zero-order valence-corrected chi connectivity index (χ0v) is 10.9. The lowest BCUT2D eigenvalue weighted by Gasteiger charge is -2.08. The molecule has 1 aromatic rings. The molecule has 0 spiro atoms. The van der Waals surface area contributed by atoms with Crippen molar-refractivity contribution >= 4 is 17.2 Å². The summed E-state index contributed by atoms with van der Waals surface area (Å²) in [5.41, 5.74) is 1.17. The summed E-state index contributed by atoms with van der Waals surface area (Å²) in [5, 5.41) is 12.1. The van der Waals surface area contributed by atoms with Crippen molar-refractivity contribution in [2.75, 3.05) is 6.54 Å². The van der Waals surface area contributed by atoms with Crippen LogP contribution in [0.25, 0.3) is 0 Å². The van der Waals surface area contributed by atoms with Gasteiger partial charge in [-0.3, -0.25) is 4.79 Å². The topological polar surface area (TPSA) is 49.3 Å². The second-order valence-electron chi connectivity index (χ2n) is 3.84. The molecule has 0 aliphatic rings. The lowest BCUT2D eigenvalue weighted by atomic mass is 10.2. The molecule has 1 heterocycles. The molecule has 0 saturated carbocycles. The van der Waals surface area contributed by atoms with Crippen LogP contribution in [0.1, 0.15) is 40.4 Å². The third kappa shape index (κ3) is 3.32. The fraction of sp³-hybridized carbons (Fsp3) is 0.583. The number of nitrogens with one attached hydrogen (secondary N) is 1. The zero-order valence-electron chi connectivity index (χ0n) is 10.0. The van der Waals surface area contributed by atoms with Gasteiger partial charge in [0.25, 0.3) is 5.91 Å². The molecule has 2 N–H and O–H groups in total. The van der Waals surface area contributed by atoms with Gasteiger partial charge in [0.05, 0.1) is 11.0 Å². The van der Waals surface area contributed by atoms with E-state index in [9.17, 15) is 9.90 Å². The number of carbonyl (C=O) groups excluding carboxylic acids is 1. The van der Waals surface area contributed by atoms with Crippen molar-refractivity contribution in [3.63, 3.8) is 0 Å². The maximum atomic E-state index is 11.7. The standard InChI is InChI=1S/C12H19NO2S/c1-4-9(14)7-13-12(15)11-6-8(3)10(5-2)16-11/h6,9,14H,4-5,7H2,1-3H3,(H,13,15). The van der Waals surface area contributed by atoms with Crippen molar-refractivity contribution in [2.45, 2.75) is 39.7 Å². The highest BCUT2D eigenvalue weighted by atomic mass is 32.1. The summed E-state index contributed by atoms with van der Waals surface area (Å²) in [6.45, 7) is 6.32. The van der Waals surface area contributed by atoms with Crippen LogP contribution in [0.4, 0.5) is 0 Å². The third-order valence-corrected chi connectivity index (χ3v) is 3.92. The highest BCUT2D eigenvalue weighted by molar-refractivity contribution is 7.14. The largest absolute Gasteiger partial charge is 0.391 e. The summed E-state index contributed by atoms with van der Waals surface area (Å²) < 4.78 is 0. The molecule has 4 heteroatoms. The molecule has 0 bridgehead atoms. The predicted molar refractivity (Wildman–Crippen MR) is 67.1 cm³/mol. The van der Waals surface area contributed by atoms with Gasteiger partial charge in [-0.05, 0) is 31.4 Å². The number of hydrogen-bond acceptors (Lipinski definition) is 3. The molecule has 1 amide bonds. The molecule has 1 unspecified atom stereocenters. The molecule has 0 fully saturated rings. The molecule has 16 heavy (non-hydrogen) atoms. The Labute approximate surface area is 100 Å². The second-order valence-corrected chi connectivity index (χ2v) is 4.98. The van der Waals surface area contributed by atoms with E-state index < -0.39 is 6.10 Å². The number of rotatable bonds is 5. The van der Waals surface area contributed by atoms with Crippen LogP contribution in [0, 0.1) is 6.92 Å². The van der Waals surface area contributed by atoms with Crippen LogP contribution in [0.5, 0.6) is 0 Å². The van der Waals surface area contributed by atoms with Crippen LogP contribution in [0.2, 0.25) is 0 Å². The van der Waals surface area contributed by atoms with Gasteiger partial charge in [-0.2, -0.15) is 0 Å². The van der Waals surface area contributed by atoms with Gasteiger partial charge >= 0.3 is 0 Å². The van der Waals surface area contributed by atoms with Crippen molar-refractivity contribution < 1.29 is 9.90 Å². The van der Waals surface area contributed by atoms with E-state index in [1.54, 1.807) is 0 Å². The Kier molecular flexibility index (Phi) is 4.96. The lowest BCUT2D eigenvalue weighted by Crippen LogP contribution is -2.31. The number of aliphatic hydroxyl groups is 1. The van der Waals surface area contributed by atoms with E-state index in [0.717, 1.165) is 11.3 Å². The quantitative estimate of drug-likeness (QED) is 0.829. The number of thiophene rings is 1. The molecule has 1 aromatic heterocycles. The van der Waals surface area contributed by atoms with Gasteiger partial charge in [0, 0.05) is 11.4 Å². The number of amides is 1. The van der Waals surface area contributed by atoms with Crippen molar-refractivity contribution in [2.24, 2.45) is 0 Å². The first-order valence-corrected chi connectivity index (χ1v) is 6.45. The van der Waals surface area contributed by atoms with E-state index in [1.807, 2.05) is 19.9 Å². The first-order valence-electron chi connectivity index (χ1n) is 5.64. The number of carbonyl (C=O) groups is 1. The Morgan fingerprint density at radius 2 is 2.25 bits per heavy atom. The Morgan fingerprint density at radius 3 is 2.75 bits per heavy atom. The predicted octanol–water partition coefficient (Wildman–Crippen LogP) is 2.12. The van der Waals surface area contributed by atoms with Gasteiger partial charge < -0.3 is 10.4 Å². The summed E-state index contributed by atoms with van der Waals surface area (Å²) in [5.74, 6) is -0.0831. The molecule has 3 nitrogen and oxygen atoms in total. The van der Waals surface area contributed by atoms with Crippen LogP contribution < -0.4 is 5.32 Å². The molecule has 0 saturated heterocycles. The monoisotopic (exact) mass is 241 g/mol. The molecule has 0 radical (unpaired) electrons. The zero-order chi connectivity index (χ0) is 12.1. The van der Waals surface area contributed by atoms with Crippen LogP contribution in [-0.4, -0.2) is 23.7 Å². The van der Waals surface area contributed by atoms with Gasteiger partial charge in [-0.15, -0.1) is 11.3 Å². The van der Waals surface area contributed by atoms with Crippen LogP contribution in [-0.2, 0) is 6.42 Å². The normalized spacial score (nSPS) is 12.5. The summed E-state index contributed by atoms with van der Waals surface area (Å²) in [6, 6.07) is 1.91. The molecule has 0 aliphatic heterocycles. The molecular formula is C12H19NO2S. The van der Waals surface area contributed by atoms with E-state index >= 15 is 0 Å². The lowest BCUT2D eigenvalue weighted by molar-refractivity contribution is 0.0918. The van der Waals surface area contributed by atoms with Gasteiger partial charge in [-0.25, -0.2) is 0 Å². The summed E-state index contributed by atoms with van der Waals surface area (Å²) in [4.78, 5) is 13.7. The Balaban J connectivity index is 2.59. The van der Waals surface area contributed by atoms with Crippen molar-refractivity contribution in [1.82, 2.24) is 5.32 Å². The number of aliphatic hydroxyl groups excluding tert-OH is 1. The summed E-state index contributed by atoms with van der Waals surface area (Å²) in [7, 11) is 0. The Bertz CT molecular complexity index is 360. The van der Waals surface area contributed by atoms with Crippen LogP contribution >= 0.6 is 11.3 Å². The van der Waals surface area contributed by atoms with E-state index in [2.05, 4.69) is 12.2 Å². The van der Waals surface area contributed by atoms with Gasteiger partial charge in [-0.1, -0.05) is 13.8 Å². The average molecular weight is 241 g/mol. The van der Waals surface area contributed by atoms with Gasteiger partial charge in [0.15, 0.2) is 0 Å². The average Bonchev–Trinajstić information content (AvgIpc) is 2.66. The smallest absolute Gasteiger partial charge is 0.261 e. The fourth-order valence-electron chi connectivity index (χ4n) is 1.42. The third-order valence-electron chi connectivity index (χ3n) is 2.53. The molecule has 90 valence electrons. The minimum absolute atomic E-state index is 0.0831. The SMILES string of the molecule is CCc1sc(C(=O)NCC(O)CC)cc1C. The minimum Gasteiger partial charge on any atom is -0.391 e. The summed E-state index contributed by atoms with van der Waals surface area (Å²) in [6.07, 6.45) is 1.17. The highest BCUT2D eigenvalue weighted by Gasteiger charge is 2.12. The van der Waals surface area contributed by atoms with Gasteiger partial charge in [0.1, 0.15) is 0 Å². The number of hydrogen-bond donors (Lipinski definition) is 2. The van der Waals surface area contributed by atoms with E-state index in [1.165, 1.54) is 21.8 Å². The van der Waals surface area contributed by atoms with Crippen LogP contribution in [0.15, 0.2) is 6.07 Å². The molecule has 0 aliphatic carbocycles. The fourth-order valence-corrected chi connectivity index (χ4v) is 2.45. The minimum atomic E-state index is -0.448. The maximum absolute atomic E-state index is 11.7. The van der Waals surface area contributed by atoms with Crippen molar-refractivity contribution in [3.8, 4) is 0 Å². The highest BCUT2D eigenvalue weighted by Crippen LogP contribution is 2.22. The van der Waals surface area contributed by atoms with Crippen LogP contribution in [0.3, 0.4) is 0 Å². The van der Waals surface area contributed by atoms with E-state index in [0.29, 0.717) is 13.0 Å². The Morgan fingerprint density at radius 1 is 1.56 bits per heavy atom. The molecule has 1 atom stereocenters. The molecule has 1 rings (SSSR count). The van der Waals surface area contributed by atoms with Gasteiger partial charge in [0.2, 0.25) is 0 Å². The Hall–Kier alpha value is -0.870. The maximum Gasteiger partial charge on any atom is 0.261 e. The summed E-state index contributed by atoms with van der Waals surface area (Å²) >= 11 is 1.53. The second kappa shape index (κ2) is 6.01. The molecular weight excluding hydrogens is 222 g/mol. The number of aryl methyl sites for hydroxylation is 2. The molecule has 0 aromatic carbocycles. The van der Waals surface area contributed by atoms with Crippen molar-refractivity contribution in [1.29, 1.82) is 0 Å².